The molecular formula is C11H19N3O3S. The fraction of sp³-hybridized carbons (Fsp3) is 0.636. The lowest BCUT2D eigenvalue weighted by Crippen LogP contribution is -2.43. The van der Waals surface area contributed by atoms with Crippen LogP contribution >= 0.6 is 11.8 Å². The van der Waals surface area contributed by atoms with Gasteiger partial charge in [0.1, 0.15) is 11.4 Å². The number of aliphatic hydroxyl groups excluding tert-OH is 1. The number of nitrogens with two attached hydrogens (primary N) is 1. The lowest BCUT2D eigenvalue weighted by atomic mass is 10.2. The molecule has 0 unspecified atom stereocenters. The number of thioether (sulfide) groups is 1. The lowest BCUT2D eigenvalue weighted by Gasteiger charge is -2.25. The Hall–Kier alpha value is -1.21. The minimum absolute atomic E-state index is 0.103. The molecule has 0 aromatic carbocycles. The zero-order valence-electron chi connectivity index (χ0n) is 10.7. The highest BCUT2D eigenvalue weighted by atomic mass is 32.2. The summed E-state index contributed by atoms with van der Waals surface area (Å²) in [5.74, 6) is 7.42. The van der Waals surface area contributed by atoms with Gasteiger partial charge < -0.3 is 9.84 Å². The standard InChI is InChI=1S/C11H19N3O3S/c1-3-17-11(16)8-7-14(12)9(13-10(8)15)5-6-18-4-2/h15H,3-7,12H2,1-2H3. The van der Waals surface area contributed by atoms with Crippen molar-refractivity contribution in [2.24, 2.45) is 10.8 Å². The molecular weight excluding hydrogens is 254 g/mol. The minimum Gasteiger partial charge on any atom is -0.493 e. The van der Waals surface area contributed by atoms with Crippen molar-refractivity contribution < 1.29 is 14.6 Å². The molecule has 6 nitrogen and oxygen atoms in total. The van der Waals surface area contributed by atoms with E-state index in [2.05, 4.69) is 11.9 Å². The smallest absolute Gasteiger partial charge is 0.341 e. The third-order valence-corrected chi connectivity index (χ3v) is 3.26. The van der Waals surface area contributed by atoms with Gasteiger partial charge in [-0.15, -0.1) is 0 Å². The Morgan fingerprint density at radius 2 is 2.33 bits per heavy atom. The highest BCUT2D eigenvalue weighted by Gasteiger charge is 2.25. The number of amidine groups is 1. The highest BCUT2D eigenvalue weighted by molar-refractivity contribution is 7.99. The molecule has 0 aromatic heterocycles. The van der Waals surface area contributed by atoms with Crippen LogP contribution in [0.3, 0.4) is 0 Å². The number of hydrogen-bond donors (Lipinski definition) is 2. The summed E-state index contributed by atoms with van der Waals surface area (Å²) < 4.78 is 4.82. The van der Waals surface area contributed by atoms with Crippen molar-refractivity contribution in [1.29, 1.82) is 0 Å². The zero-order chi connectivity index (χ0) is 13.5. The van der Waals surface area contributed by atoms with Crippen LogP contribution in [-0.4, -0.2) is 46.6 Å². The van der Waals surface area contributed by atoms with Crippen LogP contribution in [0.1, 0.15) is 20.3 Å². The van der Waals surface area contributed by atoms with E-state index in [1.165, 1.54) is 5.01 Å². The normalized spacial score (nSPS) is 15.7. The van der Waals surface area contributed by atoms with E-state index in [0.29, 0.717) is 12.3 Å². The van der Waals surface area contributed by atoms with Crippen molar-refractivity contribution in [3.63, 3.8) is 0 Å². The second-order valence-electron chi connectivity index (χ2n) is 3.63. The highest BCUT2D eigenvalue weighted by Crippen LogP contribution is 2.15. The van der Waals surface area contributed by atoms with E-state index in [0.717, 1.165) is 11.5 Å². The molecule has 0 radical (unpaired) electrons. The SMILES string of the molecule is CCOC(=O)C1=C(O)N=C(CCSCC)N(N)C1. The van der Waals surface area contributed by atoms with Gasteiger partial charge in [-0.05, 0) is 12.7 Å². The van der Waals surface area contributed by atoms with Crippen LogP contribution < -0.4 is 5.84 Å². The Balaban J connectivity index is 2.73. The van der Waals surface area contributed by atoms with Gasteiger partial charge >= 0.3 is 5.97 Å². The Morgan fingerprint density at radius 3 is 2.94 bits per heavy atom. The quantitative estimate of drug-likeness (QED) is 0.427. The molecule has 0 saturated carbocycles. The van der Waals surface area contributed by atoms with Gasteiger partial charge in [-0.2, -0.15) is 16.8 Å². The maximum atomic E-state index is 11.5. The number of nitrogens with zero attached hydrogens (tertiary/aromatic N) is 2. The van der Waals surface area contributed by atoms with Crippen LogP contribution in [0.25, 0.3) is 0 Å². The Bertz CT molecular complexity index is 369. The number of aliphatic imine (C=N–C) groups is 1. The molecule has 1 heterocycles. The number of esters is 1. The van der Waals surface area contributed by atoms with E-state index in [1.54, 1.807) is 18.7 Å². The van der Waals surface area contributed by atoms with Gasteiger partial charge in [-0.3, -0.25) is 5.01 Å². The largest absolute Gasteiger partial charge is 0.493 e. The van der Waals surface area contributed by atoms with Gasteiger partial charge in [-0.1, -0.05) is 6.92 Å². The van der Waals surface area contributed by atoms with Gasteiger partial charge in [0.15, 0.2) is 0 Å². The van der Waals surface area contributed by atoms with Gasteiger partial charge in [0.2, 0.25) is 5.88 Å². The van der Waals surface area contributed by atoms with Gasteiger partial charge in [-0.25, -0.2) is 10.6 Å². The topological polar surface area (TPSA) is 88.2 Å². The van der Waals surface area contributed by atoms with Crippen LogP contribution in [0.15, 0.2) is 16.4 Å². The maximum Gasteiger partial charge on any atom is 0.341 e. The monoisotopic (exact) mass is 273 g/mol. The zero-order valence-corrected chi connectivity index (χ0v) is 11.5. The van der Waals surface area contributed by atoms with Crippen molar-refractivity contribution in [3.8, 4) is 0 Å². The van der Waals surface area contributed by atoms with Crippen molar-refractivity contribution in [2.75, 3.05) is 24.7 Å². The number of ether oxygens (including phenoxy) is 1. The Labute approximate surface area is 111 Å². The number of hydrazine groups is 1. The second-order valence-corrected chi connectivity index (χ2v) is 5.02. The molecule has 7 heteroatoms. The second kappa shape index (κ2) is 7.27. The average molecular weight is 273 g/mol. The van der Waals surface area contributed by atoms with E-state index in [1.807, 2.05) is 0 Å². The van der Waals surface area contributed by atoms with Crippen molar-refractivity contribution in [3.05, 3.63) is 11.5 Å². The number of aliphatic hydroxyl groups is 1. The number of hydrogen-bond acceptors (Lipinski definition) is 7. The van der Waals surface area contributed by atoms with Crippen LogP contribution in [0.4, 0.5) is 0 Å². The molecule has 1 aliphatic rings. The van der Waals surface area contributed by atoms with Crippen LogP contribution in [0, 0.1) is 0 Å². The van der Waals surface area contributed by atoms with Gasteiger partial charge in [0, 0.05) is 12.2 Å². The summed E-state index contributed by atoms with van der Waals surface area (Å²) in [4.78, 5) is 15.5. The lowest BCUT2D eigenvalue weighted by molar-refractivity contribution is -0.139. The average Bonchev–Trinajstić information content (AvgIpc) is 2.33. The molecule has 0 saturated heterocycles. The molecule has 1 aliphatic heterocycles. The molecule has 3 N–H and O–H groups in total. The summed E-state index contributed by atoms with van der Waals surface area (Å²) >= 11 is 1.77. The van der Waals surface area contributed by atoms with Crippen molar-refractivity contribution in [1.82, 2.24) is 5.01 Å². The summed E-state index contributed by atoms with van der Waals surface area (Å²) in [5.41, 5.74) is 0.103. The maximum absolute atomic E-state index is 11.5. The number of carbonyl (C=O) groups is 1. The molecule has 0 aliphatic carbocycles. The molecule has 0 spiro atoms. The number of carbonyl (C=O) groups excluding carboxylic acids is 1. The Morgan fingerprint density at radius 1 is 1.61 bits per heavy atom. The summed E-state index contributed by atoms with van der Waals surface area (Å²) in [7, 11) is 0. The third kappa shape index (κ3) is 3.92. The van der Waals surface area contributed by atoms with Crippen LogP contribution in [0.2, 0.25) is 0 Å². The summed E-state index contributed by atoms with van der Waals surface area (Å²) in [5, 5.41) is 11.1. The summed E-state index contributed by atoms with van der Waals surface area (Å²) in [6.45, 7) is 4.16. The minimum atomic E-state index is -0.573. The van der Waals surface area contributed by atoms with Gasteiger partial charge in [0.25, 0.3) is 0 Å². The summed E-state index contributed by atoms with van der Waals surface area (Å²) in [6, 6.07) is 0. The number of rotatable bonds is 6. The molecule has 0 atom stereocenters. The molecule has 0 bridgehead atoms. The predicted molar refractivity (Wildman–Crippen MR) is 72.2 cm³/mol. The third-order valence-electron chi connectivity index (χ3n) is 2.36. The molecule has 18 heavy (non-hydrogen) atoms. The van der Waals surface area contributed by atoms with E-state index in [9.17, 15) is 9.90 Å². The van der Waals surface area contributed by atoms with Gasteiger partial charge in [0.05, 0.1) is 13.2 Å². The van der Waals surface area contributed by atoms with Crippen molar-refractivity contribution in [2.45, 2.75) is 20.3 Å². The first-order valence-corrected chi connectivity index (χ1v) is 7.02. The van der Waals surface area contributed by atoms with Crippen molar-refractivity contribution >= 4 is 23.6 Å². The fourth-order valence-corrected chi connectivity index (χ4v) is 2.08. The molecule has 0 fully saturated rings. The fourth-order valence-electron chi connectivity index (χ4n) is 1.47. The van der Waals surface area contributed by atoms with E-state index < -0.39 is 5.97 Å². The van der Waals surface area contributed by atoms with E-state index in [-0.39, 0.29) is 24.6 Å². The predicted octanol–water partition coefficient (Wildman–Crippen LogP) is 1.05. The molecule has 102 valence electrons. The van der Waals surface area contributed by atoms with E-state index >= 15 is 0 Å². The summed E-state index contributed by atoms with van der Waals surface area (Å²) in [6.07, 6.45) is 0.662. The van der Waals surface area contributed by atoms with Crippen LogP contribution in [0.5, 0.6) is 0 Å². The van der Waals surface area contributed by atoms with Crippen LogP contribution in [-0.2, 0) is 9.53 Å². The molecule has 0 amide bonds. The Kier molecular flexibility index (Phi) is 6.00. The molecule has 0 aromatic rings. The first-order valence-electron chi connectivity index (χ1n) is 5.86. The molecule has 1 rings (SSSR count). The first-order chi connectivity index (χ1) is 8.60. The van der Waals surface area contributed by atoms with E-state index in [4.69, 9.17) is 10.6 Å². The first kappa shape index (κ1) is 14.8.